The summed E-state index contributed by atoms with van der Waals surface area (Å²) in [5.41, 5.74) is 0. The van der Waals surface area contributed by atoms with Crippen LogP contribution in [0.1, 0.15) is 6.92 Å². The molecule has 1 aliphatic rings. The Morgan fingerprint density at radius 3 is 2.50 bits per heavy atom. The first-order valence-electron chi connectivity index (χ1n) is 3.32. The van der Waals surface area contributed by atoms with Crippen molar-refractivity contribution in [2.45, 2.75) is 13.0 Å². The molecule has 0 aromatic heterocycles. The lowest BCUT2D eigenvalue weighted by Crippen LogP contribution is -2.57. The third kappa shape index (κ3) is 1.54. The van der Waals surface area contributed by atoms with E-state index in [9.17, 15) is 8.76 Å². The fourth-order valence-corrected chi connectivity index (χ4v) is 1.57. The van der Waals surface area contributed by atoms with Crippen molar-refractivity contribution in [2.24, 2.45) is 0 Å². The number of hydrogen-bond acceptors (Lipinski definition) is 3. The fourth-order valence-electron chi connectivity index (χ4n) is 0.962. The number of hydrogen-bond donors (Lipinski definition) is 1. The lowest BCUT2D eigenvalue weighted by molar-refractivity contribution is 0.243. The maximum atomic E-state index is 10.5. The Kier molecular flexibility index (Phi) is 2.79. The highest BCUT2D eigenvalue weighted by molar-refractivity contribution is 7.76. The van der Waals surface area contributed by atoms with Crippen LogP contribution in [-0.4, -0.2) is 38.7 Å². The highest BCUT2D eigenvalue weighted by Crippen LogP contribution is 2.05. The van der Waals surface area contributed by atoms with Crippen LogP contribution in [0.15, 0.2) is 0 Å². The molecule has 5 heteroatoms. The largest absolute Gasteiger partial charge is 0.760 e. The average molecular weight is 163 g/mol. The summed E-state index contributed by atoms with van der Waals surface area (Å²) >= 11 is -2.04. The van der Waals surface area contributed by atoms with E-state index in [1.165, 1.54) is 4.31 Å². The highest BCUT2D eigenvalue weighted by Gasteiger charge is 2.23. The summed E-state index contributed by atoms with van der Waals surface area (Å²) in [5, 5.41) is 3.02. The van der Waals surface area contributed by atoms with Gasteiger partial charge in [-0.1, -0.05) is 6.92 Å². The van der Waals surface area contributed by atoms with Gasteiger partial charge in [-0.05, 0) is 0 Å². The van der Waals surface area contributed by atoms with Gasteiger partial charge in [0.15, 0.2) is 0 Å². The molecule has 1 aliphatic heterocycles. The first kappa shape index (κ1) is 8.13. The normalized spacial score (nSPS) is 22.7. The third-order valence-corrected chi connectivity index (χ3v) is 2.61. The molecule has 0 aliphatic carbocycles. The molecule has 1 rings (SSSR count). The molecule has 1 unspecified atom stereocenters. The van der Waals surface area contributed by atoms with E-state index in [1.807, 2.05) is 6.92 Å². The van der Waals surface area contributed by atoms with Crippen LogP contribution in [0.5, 0.6) is 0 Å². The Morgan fingerprint density at radius 1 is 1.80 bits per heavy atom. The summed E-state index contributed by atoms with van der Waals surface area (Å²) < 4.78 is 22.4. The molecule has 0 saturated carbocycles. The molecular formula is C5H11N2O2S-. The standard InChI is InChI=1S/C5H12N2O2S/c1-2-7(10(8)9)5-3-6-4-5/h5-6H,2-4H2,1H3,(H,8,9)/p-1. The lowest BCUT2D eigenvalue weighted by atomic mass is 10.2. The van der Waals surface area contributed by atoms with E-state index in [-0.39, 0.29) is 6.04 Å². The van der Waals surface area contributed by atoms with Crippen LogP contribution in [0.4, 0.5) is 0 Å². The van der Waals surface area contributed by atoms with Gasteiger partial charge in [0.1, 0.15) is 0 Å². The highest BCUT2D eigenvalue weighted by atomic mass is 32.2. The summed E-state index contributed by atoms with van der Waals surface area (Å²) in [6.07, 6.45) is 0. The smallest absolute Gasteiger partial charge is 0.0464 e. The molecular weight excluding hydrogens is 152 g/mol. The monoisotopic (exact) mass is 163 g/mol. The molecule has 0 spiro atoms. The van der Waals surface area contributed by atoms with Gasteiger partial charge in [-0.2, -0.15) is 0 Å². The Hall–Kier alpha value is 0.0300. The molecule has 0 amide bonds. The SMILES string of the molecule is CCN(C1CNC1)S(=O)[O-]. The zero-order valence-corrected chi connectivity index (χ0v) is 6.69. The summed E-state index contributed by atoms with van der Waals surface area (Å²) in [6, 6.07) is 0.198. The predicted octanol–water partition coefficient (Wildman–Crippen LogP) is -0.926. The van der Waals surface area contributed by atoms with Gasteiger partial charge < -0.3 is 9.87 Å². The molecule has 0 aromatic rings. The van der Waals surface area contributed by atoms with E-state index in [2.05, 4.69) is 5.32 Å². The van der Waals surface area contributed by atoms with E-state index in [1.54, 1.807) is 0 Å². The molecule has 60 valence electrons. The van der Waals surface area contributed by atoms with Crippen LogP contribution in [0, 0.1) is 0 Å². The molecule has 0 aromatic carbocycles. The first-order chi connectivity index (χ1) is 4.75. The first-order valence-corrected chi connectivity index (χ1v) is 4.35. The summed E-state index contributed by atoms with van der Waals surface area (Å²) in [5.74, 6) is 0. The van der Waals surface area contributed by atoms with Gasteiger partial charge >= 0.3 is 0 Å². The van der Waals surface area contributed by atoms with Crippen molar-refractivity contribution in [3.05, 3.63) is 0 Å². The number of nitrogens with zero attached hydrogens (tertiary/aromatic N) is 1. The Balaban J connectivity index is 2.39. The van der Waals surface area contributed by atoms with Gasteiger partial charge in [0, 0.05) is 36.9 Å². The van der Waals surface area contributed by atoms with Crippen LogP contribution < -0.4 is 5.32 Å². The third-order valence-electron chi connectivity index (χ3n) is 1.67. The summed E-state index contributed by atoms with van der Waals surface area (Å²) in [6.45, 7) is 4.00. The summed E-state index contributed by atoms with van der Waals surface area (Å²) in [4.78, 5) is 0. The van der Waals surface area contributed by atoms with E-state index in [4.69, 9.17) is 0 Å². The average Bonchev–Trinajstić information content (AvgIpc) is 1.76. The quantitative estimate of drug-likeness (QED) is 0.547. The number of rotatable bonds is 3. The number of nitrogens with one attached hydrogen (secondary N) is 1. The molecule has 1 heterocycles. The van der Waals surface area contributed by atoms with Crippen molar-refractivity contribution < 1.29 is 8.76 Å². The molecule has 1 saturated heterocycles. The molecule has 1 N–H and O–H groups in total. The summed E-state index contributed by atoms with van der Waals surface area (Å²) in [7, 11) is 0. The molecule has 1 atom stereocenters. The molecule has 0 radical (unpaired) electrons. The minimum atomic E-state index is -2.04. The van der Waals surface area contributed by atoms with Crippen molar-refractivity contribution in [1.82, 2.24) is 9.62 Å². The Bertz CT molecular complexity index is 138. The second kappa shape index (κ2) is 3.43. The Morgan fingerprint density at radius 2 is 2.40 bits per heavy atom. The second-order valence-electron chi connectivity index (χ2n) is 2.26. The van der Waals surface area contributed by atoms with Crippen molar-refractivity contribution in [1.29, 1.82) is 0 Å². The lowest BCUT2D eigenvalue weighted by Gasteiger charge is -2.38. The maximum absolute atomic E-state index is 10.5. The van der Waals surface area contributed by atoms with Crippen LogP contribution in [0.2, 0.25) is 0 Å². The molecule has 0 bridgehead atoms. The van der Waals surface area contributed by atoms with Crippen LogP contribution in [0.3, 0.4) is 0 Å². The van der Waals surface area contributed by atoms with Crippen molar-refractivity contribution in [2.75, 3.05) is 19.6 Å². The van der Waals surface area contributed by atoms with E-state index >= 15 is 0 Å². The minimum Gasteiger partial charge on any atom is -0.760 e. The van der Waals surface area contributed by atoms with Gasteiger partial charge in [0.25, 0.3) is 0 Å². The van der Waals surface area contributed by atoms with Crippen molar-refractivity contribution in [3.63, 3.8) is 0 Å². The van der Waals surface area contributed by atoms with Gasteiger partial charge in [-0.25, -0.2) is 4.31 Å². The second-order valence-corrected chi connectivity index (χ2v) is 3.17. The van der Waals surface area contributed by atoms with Crippen molar-refractivity contribution in [3.8, 4) is 0 Å². The molecule has 4 nitrogen and oxygen atoms in total. The molecule has 1 fully saturated rings. The Labute approximate surface area is 63.0 Å². The van der Waals surface area contributed by atoms with E-state index in [0.717, 1.165) is 13.1 Å². The maximum Gasteiger partial charge on any atom is 0.0464 e. The van der Waals surface area contributed by atoms with Crippen molar-refractivity contribution >= 4 is 11.3 Å². The van der Waals surface area contributed by atoms with Gasteiger partial charge in [0.2, 0.25) is 0 Å². The van der Waals surface area contributed by atoms with Crippen LogP contribution in [0.25, 0.3) is 0 Å². The van der Waals surface area contributed by atoms with Crippen LogP contribution in [-0.2, 0) is 11.3 Å². The van der Waals surface area contributed by atoms with Gasteiger partial charge in [0.05, 0.1) is 0 Å². The van der Waals surface area contributed by atoms with Gasteiger partial charge in [-0.3, -0.25) is 4.21 Å². The topological polar surface area (TPSA) is 55.4 Å². The minimum absolute atomic E-state index is 0.198. The molecule has 10 heavy (non-hydrogen) atoms. The zero-order valence-electron chi connectivity index (χ0n) is 5.87. The zero-order chi connectivity index (χ0) is 7.56. The fraction of sp³-hybridized carbons (Fsp3) is 1.00. The van der Waals surface area contributed by atoms with Gasteiger partial charge in [-0.15, -0.1) is 0 Å². The van der Waals surface area contributed by atoms with E-state index < -0.39 is 11.3 Å². The number of likely N-dealkylation sites (N-methyl/N-ethyl adjacent to an activating group) is 1. The van der Waals surface area contributed by atoms with E-state index in [0.29, 0.717) is 6.54 Å². The van der Waals surface area contributed by atoms with Crippen LogP contribution >= 0.6 is 0 Å². The predicted molar refractivity (Wildman–Crippen MR) is 38.0 cm³/mol.